The van der Waals surface area contributed by atoms with Gasteiger partial charge in [-0.05, 0) is 50.3 Å². The number of nitrogens with zero attached hydrogens (tertiary/aromatic N) is 4. The van der Waals surface area contributed by atoms with Crippen LogP contribution in [-0.4, -0.2) is 52.4 Å². The van der Waals surface area contributed by atoms with Crippen molar-refractivity contribution in [3.05, 3.63) is 57.8 Å². The van der Waals surface area contributed by atoms with Crippen LogP contribution in [0.15, 0.2) is 35.1 Å². The van der Waals surface area contributed by atoms with E-state index in [-0.39, 0.29) is 23.4 Å². The molecule has 190 valence electrons. The average Bonchev–Trinajstić information content (AvgIpc) is 2.83. The van der Waals surface area contributed by atoms with Crippen molar-refractivity contribution in [2.75, 3.05) is 31.1 Å². The number of carbonyl (C=O) groups is 2. The van der Waals surface area contributed by atoms with E-state index in [2.05, 4.69) is 30.2 Å². The van der Waals surface area contributed by atoms with Crippen LogP contribution in [-0.2, 0) is 22.7 Å². The minimum atomic E-state index is -0.264. The number of fused-ring (bicyclic) bond motifs is 1. The molecule has 1 aliphatic rings. The highest BCUT2D eigenvalue weighted by molar-refractivity contribution is 5.94. The van der Waals surface area contributed by atoms with Crippen LogP contribution in [0.1, 0.15) is 56.5 Å². The van der Waals surface area contributed by atoms with Gasteiger partial charge in [-0.2, -0.15) is 4.98 Å². The van der Waals surface area contributed by atoms with E-state index in [0.29, 0.717) is 70.6 Å². The van der Waals surface area contributed by atoms with Crippen LogP contribution in [0, 0.1) is 19.8 Å². The van der Waals surface area contributed by atoms with E-state index in [0.717, 1.165) is 16.9 Å². The summed E-state index contributed by atoms with van der Waals surface area (Å²) in [5.74, 6) is 0.482. The fourth-order valence-corrected chi connectivity index (χ4v) is 4.57. The molecule has 0 bridgehead atoms. The summed E-state index contributed by atoms with van der Waals surface area (Å²) in [5.41, 5.74) is 3.36. The molecule has 0 spiro atoms. The van der Waals surface area contributed by atoms with Crippen molar-refractivity contribution in [2.24, 2.45) is 5.92 Å². The average molecular weight is 482 g/mol. The SMILES string of the molecule is Cc1cc(C)n(CCCC(=O)N2CCCN(C(=O)CC(C)C)c3ccccc3CNCC2)c(=O)n1. The molecule has 1 aromatic carbocycles. The van der Waals surface area contributed by atoms with Gasteiger partial charge >= 0.3 is 5.69 Å². The Kier molecular flexibility index (Phi) is 9.60. The quantitative estimate of drug-likeness (QED) is 0.685. The van der Waals surface area contributed by atoms with Crippen molar-refractivity contribution in [1.29, 1.82) is 0 Å². The second-order valence-electron chi connectivity index (χ2n) is 9.76. The monoisotopic (exact) mass is 481 g/mol. The molecule has 3 rings (SSSR count). The molecular formula is C27H39N5O3. The lowest BCUT2D eigenvalue weighted by molar-refractivity contribution is -0.131. The minimum absolute atomic E-state index is 0.0781. The van der Waals surface area contributed by atoms with Gasteiger partial charge in [0.2, 0.25) is 11.8 Å². The Morgan fingerprint density at radius 2 is 1.86 bits per heavy atom. The first-order valence-corrected chi connectivity index (χ1v) is 12.7. The van der Waals surface area contributed by atoms with Gasteiger partial charge in [0.05, 0.1) is 0 Å². The highest BCUT2D eigenvalue weighted by Gasteiger charge is 2.21. The van der Waals surface area contributed by atoms with E-state index in [1.54, 1.807) is 11.5 Å². The van der Waals surface area contributed by atoms with Crippen molar-refractivity contribution in [3.63, 3.8) is 0 Å². The summed E-state index contributed by atoms with van der Waals surface area (Å²) in [6, 6.07) is 9.92. The van der Waals surface area contributed by atoms with E-state index in [1.807, 2.05) is 41.0 Å². The zero-order valence-electron chi connectivity index (χ0n) is 21.5. The third-order valence-electron chi connectivity index (χ3n) is 6.32. The molecule has 0 saturated carbocycles. The van der Waals surface area contributed by atoms with Crippen LogP contribution in [0.4, 0.5) is 5.69 Å². The van der Waals surface area contributed by atoms with Gasteiger partial charge < -0.3 is 15.1 Å². The standard InChI is InChI=1S/C27H39N5O3/c1-20(2)17-26(34)32-15-8-13-30(16-12-28-19-23-9-5-6-10-24(23)32)25(33)11-7-14-31-22(4)18-21(3)29-27(31)35/h5-6,9-10,18,20,28H,7-8,11-17,19H2,1-4H3. The summed E-state index contributed by atoms with van der Waals surface area (Å²) in [7, 11) is 0. The maximum atomic E-state index is 13.1. The Balaban J connectivity index is 1.65. The van der Waals surface area contributed by atoms with Crippen molar-refractivity contribution in [3.8, 4) is 0 Å². The van der Waals surface area contributed by atoms with Gasteiger partial charge in [0.1, 0.15) is 0 Å². The van der Waals surface area contributed by atoms with E-state index in [9.17, 15) is 14.4 Å². The minimum Gasteiger partial charge on any atom is -0.341 e. The Hall–Kier alpha value is -3.00. The number of hydrogen-bond donors (Lipinski definition) is 1. The molecule has 8 heteroatoms. The number of rotatable bonds is 6. The van der Waals surface area contributed by atoms with Crippen LogP contribution in [0.2, 0.25) is 0 Å². The molecular weight excluding hydrogens is 442 g/mol. The maximum absolute atomic E-state index is 13.1. The van der Waals surface area contributed by atoms with Gasteiger partial charge in [0.25, 0.3) is 0 Å². The fourth-order valence-electron chi connectivity index (χ4n) is 4.57. The van der Waals surface area contributed by atoms with Gasteiger partial charge in [-0.25, -0.2) is 4.79 Å². The van der Waals surface area contributed by atoms with Crippen molar-refractivity contribution < 1.29 is 9.59 Å². The number of hydrogen-bond acceptors (Lipinski definition) is 5. The Labute approximate surface area is 208 Å². The van der Waals surface area contributed by atoms with Crippen LogP contribution >= 0.6 is 0 Å². The molecule has 8 nitrogen and oxygen atoms in total. The largest absolute Gasteiger partial charge is 0.347 e. The molecule has 0 saturated heterocycles. The normalized spacial score (nSPS) is 15.0. The number of aryl methyl sites for hydroxylation is 2. The zero-order valence-corrected chi connectivity index (χ0v) is 21.5. The molecule has 0 fully saturated rings. The zero-order chi connectivity index (χ0) is 25.4. The topological polar surface area (TPSA) is 87.5 Å². The van der Waals surface area contributed by atoms with E-state index >= 15 is 0 Å². The summed E-state index contributed by atoms with van der Waals surface area (Å²) in [5, 5.41) is 3.44. The van der Waals surface area contributed by atoms with Crippen LogP contribution in [0.3, 0.4) is 0 Å². The van der Waals surface area contributed by atoms with Crippen LogP contribution in [0.5, 0.6) is 0 Å². The number of anilines is 1. The van der Waals surface area contributed by atoms with Gasteiger partial charge in [-0.15, -0.1) is 0 Å². The number of benzene rings is 1. The summed E-state index contributed by atoms with van der Waals surface area (Å²) in [6.45, 7) is 11.4. The van der Waals surface area contributed by atoms with Crippen LogP contribution in [0.25, 0.3) is 0 Å². The fraction of sp³-hybridized carbons (Fsp3) is 0.556. The molecule has 0 radical (unpaired) electrons. The third kappa shape index (κ3) is 7.49. The second-order valence-corrected chi connectivity index (χ2v) is 9.76. The van der Waals surface area contributed by atoms with Crippen LogP contribution < -0.4 is 15.9 Å². The molecule has 1 aromatic heterocycles. The summed E-state index contributed by atoms with van der Waals surface area (Å²) in [6.07, 6.45) is 2.16. The molecule has 35 heavy (non-hydrogen) atoms. The molecule has 1 aliphatic heterocycles. The van der Waals surface area contributed by atoms with Crippen molar-refractivity contribution in [2.45, 2.75) is 66.5 Å². The summed E-state index contributed by atoms with van der Waals surface area (Å²) in [4.78, 5) is 46.1. The summed E-state index contributed by atoms with van der Waals surface area (Å²) < 4.78 is 1.63. The predicted octanol–water partition coefficient (Wildman–Crippen LogP) is 3.04. The summed E-state index contributed by atoms with van der Waals surface area (Å²) >= 11 is 0. The van der Waals surface area contributed by atoms with Gasteiger partial charge in [-0.3, -0.25) is 14.2 Å². The number of aromatic nitrogens is 2. The van der Waals surface area contributed by atoms with Crippen molar-refractivity contribution >= 4 is 17.5 Å². The van der Waals surface area contributed by atoms with E-state index in [1.165, 1.54) is 0 Å². The first-order chi connectivity index (χ1) is 16.8. The third-order valence-corrected chi connectivity index (χ3v) is 6.32. The maximum Gasteiger partial charge on any atom is 0.347 e. The van der Waals surface area contributed by atoms with Gasteiger partial charge in [0.15, 0.2) is 0 Å². The molecule has 1 N–H and O–H groups in total. The lowest BCUT2D eigenvalue weighted by Crippen LogP contribution is -2.39. The number of para-hydroxylation sites is 1. The predicted molar refractivity (Wildman–Crippen MR) is 138 cm³/mol. The second kappa shape index (κ2) is 12.6. The number of nitrogens with one attached hydrogen (secondary N) is 1. The number of carbonyl (C=O) groups excluding carboxylic acids is 2. The lowest BCUT2D eigenvalue weighted by atomic mass is 10.1. The highest BCUT2D eigenvalue weighted by atomic mass is 16.2. The molecule has 0 aliphatic carbocycles. The first-order valence-electron chi connectivity index (χ1n) is 12.7. The molecule has 2 heterocycles. The van der Waals surface area contributed by atoms with E-state index in [4.69, 9.17) is 0 Å². The lowest BCUT2D eigenvalue weighted by Gasteiger charge is -2.27. The Bertz CT molecular complexity index is 1080. The smallest absolute Gasteiger partial charge is 0.341 e. The molecule has 2 amide bonds. The first kappa shape index (κ1) is 26.6. The Morgan fingerprint density at radius 3 is 2.60 bits per heavy atom. The molecule has 0 atom stereocenters. The van der Waals surface area contributed by atoms with Gasteiger partial charge in [-0.1, -0.05) is 32.0 Å². The molecule has 0 unspecified atom stereocenters. The molecule has 2 aromatic rings. The van der Waals surface area contributed by atoms with Crippen molar-refractivity contribution in [1.82, 2.24) is 19.8 Å². The number of amides is 2. The highest BCUT2D eigenvalue weighted by Crippen LogP contribution is 2.23. The van der Waals surface area contributed by atoms with Gasteiger partial charge in [0, 0.05) is 69.2 Å². The van der Waals surface area contributed by atoms with E-state index < -0.39 is 0 Å². The Morgan fingerprint density at radius 1 is 1.09 bits per heavy atom.